The number of benzene rings is 1. The lowest BCUT2D eigenvalue weighted by Crippen LogP contribution is -2.32. The van der Waals surface area contributed by atoms with E-state index in [2.05, 4.69) is 61.3 Å². The number of nitrogens with zero attached hydrogens (tertiary/aromatic N) is 1. The van der Waals surface area contributed by atoms with Crippen molar-refractivity contribution in [3.63, 3.8) is 0 Å². The maximum Gasteiger partial charge on any atom is 0.0958 e. The molecule has 1 aromatic heterocycles. The van der Waals surface area contributed by atoms with Crippen molar-refractivity contribution in [1.29, 1.82) is 0 Å². The molecule has 2 bridgehead atoms. The molecule has 1 fully saturated rings. The van der Waals surface area contributed by atoms with Crippen LogP contribution in [0.15, 0.2) is 30.3 Å². The first-order valence-corrected chi connectivity index (χ1v) is 7.20. The number of nitrogens with one attached hydrogen (secondary N) is 1. The van der Waals surface area contributed by atoms with E-state index >= 15 is 0 Å². The molecule has 1 saturated carbocycles. The van der Waals surface area contributed by atoms with Gasteiger partial charge in [0.2, 0.25) is 0 Å². The SMILES string of the molecule is CC1(C)[C@@H]2CC[C@@]1(C)c1[nH]nc(-c3ccccc3)c12. The van der Waals surface area contributed by atoms with Crippen molar-refractivity contribution in [3.05, 3.63) is 41.6 Å². The number of fused-ring (bicyclic) bond motifs is 5. The topological polar surface area (TPSA) is 28.7 Å². The highest BCUT2D eigenvalue weighted by atomic mass is 15.1. The van der Waals surface area contributed by atoms with Crippen LogP contribution in [0.2, 0.25) is 0 Å². The maximum atomic E-state index is 4.63. The molecule has 0 unspecified atom stereocenters. The minimum absolute atomic E-state index is 0.271. The van der Waals surface area contributed by atoms with Crippen LogP contribution in [0.4, 0.5) is 0 Å². The minimum Gasteiger partial charge on any atom is -0.281 e. The van der Waals surface area contributed by atoms with E-state index in [1.54, 1.807) is 0 Å². The Kier molecular flexibility index (Phi) is 1.96. The third kappa shape index (κ3) is 1.15. The van der Waals surface area contributed by atoms with Crippen LogP contribution in [-0.4, -0.2) is 10.2 Å². The first-order chi connectivity index (χ1) is 9.06. The summed E-state index contributed by atoms with van der Waals surface area (Å²) in [7, 11) is 0. The van der Waals surface area contributed by atoms with Gasteiger partial charge in [-0.3, -0.25) is 5.10 Å². The summed E-state index contributed by atoms with van der Waals surface area (Å²) in [5.41, 5.74) is 5.93. The molecule has 0 aliphatic heterocycles. The van der Waals surface area contributed by atoms with E-state index in [9.17, 15) is 0 Å². The molecule has 2 aromatic rings. The van der Waals surface area contributed by atoms with Gasteiger partial charge in [-0.15, -0.1) is 0 Å². The van der Waals surface area contributed by atoms with Gasteiger partial charge in [0.05, 0.1) is 5.69 Å². The summed E-state index contributed by atoms with van der Waals surface area (Å²) in [6.45, 7) is 7.26. The summed E-state index contributed by atoms with van der Waals surface area (Å²) in [5, 5.41) is 8.00. The number of hydrogen-bond donors (Lipinski definition) is 1. The molecule has 2 atom stereocenters. The highest BCUT2D eigenvalue weighted by molar-refractivity contribution is 5.68. The molecule has 0 spiro atoms. The van der Waals surface area contributed by atoms with Gasteiger partial charge in [0, 0.05) is 22.2 Å². The zero-order valence-corrected chi connectivity index (χ0v) is 11.8. The van der Waals surface area contributed by atoms with Gasteiger partial charge < -0.3 is 0 Å². The number of H-pyrrole nitrogens is 1. The smallest absolute Gasteiger partial charge is 0.0958 e. The molecule has 0 amide bonds. The second kappa shape index (κ2) is 3.30. The fourth-order valence-electron chi connectivity index (χ4n) is 4.38. The molecule has 1 heterocycles. The van der Waals surface area contributed by atoms with Crippen LogP contribution in [0.1, 0.15) is 50.8 Å². The van der Waals surface area contributed by atoms with Gasteiger partial charge in [-0.05, 0) is 24.2 Å². The Balaban J connectivity index is 1.95. The van der Waals surface area contributed by atoms with Crippen LogP contribution in [0.25, 0.3) is 11.3 Å². The van der Waals surface area contributed by atoms with E-state index in [1.807, 2.05) is 0 Å². The predicted octanol–water partition coefficient (Wildman–Crippen LogP) is 4.25. The van der Waals surface area contributed by atoms with Crippen LogP contribution in [0.3, 0.4) is 0 Å². The van der Waals surface area contributed by atoms with E-state index in [4.69, 9.17) is 0 Å². The lowest BCUT2D eigenvalue weighted by Gasteiger charge is -2.34. The molecule has 1 N–H and O–H groups in total. The molecule has 2 aliphatic rings. The summed E-state index contributed by atoms with van der Waals surface area (Å²) in [6.07, 6.45) is 2.59. The highest BCUT2D eigenvalue weighted by Gasteiger charge is 2.61. The van der Waals surface area contributed by atoms with Gasteiger partial charge in [-0.2, -0.15) is 5.10 Å². The number of rotatable bonds is 1. The fourth-order valence-corrected chi connectivity index (χ4v) is 4.38. The standard InChI is InChI=1S/C17H20N2/c1-16(2)12-9-10-17(16,3)15-13(12)14(18-19-15)11-7-5-4-6-8-11/h4-8,12H,9-10H2,1-3H3,(H,18,19)/t12-,17+/m1/s1. The van der Waals surface area contributed by atoms with E-state index in [0.29, 0.717) is 11.3 Å². The zero-order valence-electron chi connectivity index (χ0n) is 11.8. The molecule has 1 aromatic carbocycles. The Morgan fingerprint density at radius 2 is 1.89 bits per heavy atom. The second-order valence-corrected chi connectivity index (χ2v) is 6.87. The molecule has 2 heteroatoms. The van der Waals surface area contributed by atoms with Gasteiger partial charge in [-0.1, -0.05) is 51.1 Å². The molecule has 2 nitrogen and oxygen atoms in total. The average Bonchev–Trinajstić information content (AvgIpc) is 2.98. The van der Waals surface area contributed by atoms with Crippen LogP contribution >= 0.6 is 0 Å². The number of aromatic nitrogens is 2. The Morgan fingerprint density at radius 3 is 2.63 bits per heavy atom. The van der Waals surface area contributed by atoms with E-state index in [-0.39, 0.29) is 5.41 Å². The van der Waals surface area contributed by atoms with Gasteiger partial charge in [0.15, 0.2) is 0 Å². The average molecular weight is 252 g/mol. The Hall–Kier alpha value is -1.57. The predicted molar refractivity (Wildman–Crippen MR) is 77.1 cm³/mol. The quantitative estimate of drug-likeness (QED) is 0.807. The van der Waals surface area contributed by atoms with Crippen LogP contribution in [-0.2, 0) is 5.41 Å². The highest BCUT2D eigenvalue weighted by Crippen LogP contribution is 2.68. The summed E-state index contributed by atoms with van der Waals surface area (Å²) >= 11 is 0. The largest absolute Gasteiger partial charge is 0.281 e. The van der Waals surface area contributed by atoms with Gasteiger partial charge >= 0.3 is 0 Å². The third-order valence-corrected chi connectivity index (χ3v) is 5.98. The van der Waals surface area contributed by atoms with Crippen molar-refractivity contribution in [2.24, 2.45) is 5.41 Å². The van der Waals surface area contributed by atoms with Crippen molar-refractivity contribution < 1.29 is 0 Å². The van der Waals surface area contributed by atoms with Crippen LogP contribution < -0.4 is 0 Å². The van der Waals surface area contributed by atoms with Crippen molar-refractivity contribution in [3.8, 4) is 11.3 Å². The Morgan fingerprint density at radius 1 is 1.16 bits per heavy atom. The van der Waals surface area contributed by atoms with Gasteiger partial charge in [0.25, 0.3) is 0 Å². The summed E-state index contributed by atoms with van der Waals surface area (Å²) < 4.78 is 0. The molecule has 2 aliphatic carbocycles. The molecule has 19 heavy (non-hydrogen) atoms. The fraction of sp³-hybridized carbons (Fsp3) is 0.471. The first-order valence-electron chi connectivity index (χ1n) is 7.20. The maximum absolute atomic E-state index is 4.63. The van der Waals surface area contributed by atoms with E-state index < -0.39 is 0 Å². The molecule has 4 rings (SSSR count). The summed E-state index contributed by atoms with van der Waals surface area (Å²) in [4.78, 5) is 0. The molecule has 98 valence electrons. The van der Waals surface area contributed by atoms with Gasteiger partial charge in [0.1, 0.15) is 0 Å². The third-order valence-electron chi connectivity index (χ3n) is 5.98. The van der Waals surface area contributed by atoms with Crippen molar-refractivity contribution in [2.75, 3.05) is 0 Å². The molecular formula is C17H20N2. The van der Waals surface area contributed by atoms with Gasteiger partial charge in [-0.25, -0.2) is 0 Å². The minimum atomic E-state index is 0.271. The van der Waals surface area contributed by atoms with Crippen LogP contribution in [0.5, 0.6) is 0 Å². The molecule has 0 saturated heterocycles. The Bertz CT molecular complexity index is 639. The first kappa shape index (κ1) is 11.3. The Labute approximate surface area is 114 Å². The number of aromatic amines is 1. The van der Waals surface area contributed by atoms with Crippen molar-refractivity contribution in [1.82, 2.24) is 10.2 Å². The summed E-state index contributed by atoms with van der Waals surface area (Å²) in [5.74, 6) is 0.654. The van der Waals surface area contributed by atoms with Crippen LogP contribution in [0, 0.1) is 5.41 Å². The van der Waals surface area contributed by atoms with E-state index in [1.165, 1.54) is 35.4 Å². The normalized spacial score (nSPS) is 30.6. The second-order valence-electron chi connectivity index (χ2n) is 6.87. The van der Waals surface area contributed by atoms with E-state index in [0.717, 1.165) is 0 Å². The lowest BCUT2D eigenvalue weighted by atomic mass is 9.70. The zero-order chi connectivity index (χ0) is 13.3. The molecular weight excluding hydrogens is 232 g/mol. The van der Waals surface area contributed by atoms with Crippen molar-refractivity contribution >= 4 is 0 Å². The van der Waals surface area contributed by atoms with Crippen molar-refractivity contribution in [2.45, 2.75) is 44.9 Å². The number of hydrogen-bond acceptors (Lipinski definition) is 1. The monoisotopic (exact) mass is 252 g/mol. The lowest BCUT2D eigenvalue weighted by molar-refractivity contribution is 0.225. The molecule has 0 radical (unpaired) electrons. The summed E-state index contributed by atoms with van der Waals surface area (Å²) in [6, 6.07) is 10.6.